The van der Waals surface area contributed by atoms with E-state index in [9.17, 15) is 39.6 Å². The van der Waals surface area contributed by atoms with Crippen LogP contribution in [-0.2, 0) is 25.6 Å². The topological polar surface area (TPSA) is 187 Å². The van der Waals surface area contributed by atoms with Crippen molar-refractivity contribution in [1.29, 1.82) is 0 Å². The summed E-state index contributed by atoms with van der Waals surface area (Å²) in [6.07, 6.45) is 0.235. The predicted molar refractivity (Wildman–Crippen MR) is 145 cm³/mol. The van der Waals surface area contributed by atoms with Crippen LogP contribution in [0.4, 0.5) is 5.69 Å². The van der Waals surface area contributed by atoms with Gasteiger partial charge in [-0.05, 0) is 59.6 Å². The van der Waals surface area contributed by atoms with Gasteiger partial charge >= 0.3 is 0 Å². The van der Waals surface area contributed by atoms with Crippen LogP contribution in [0.2, 0.25) is 0 Å². The second-order valence-electron chi connectivity index (χ2n) is 11.1. The first-order valence-corrected chi connectivity index (χ1v) is 13.0. The minimum Gasteiger partial charge on any atom is -0.508 e. The minimum absolute atomic E-state index is 0.0241. The van der Waals surface area contributed by atoms with Gasteiger partial charge in [0.05, 0.1) is 5.56 Å². The smallest absolute Gasteiger partial charge is 0.255 e. The maximum atomic E-state index is 13.9. The van der Waals surface area contributed by atoms with Crippen molar-refractivity contribution in [2.24, 2.45) is 29.4 Å². The van der Waals surface area contributed by atoms with Gasteiger partial charge in [-0.15, -0.1) is 0 Å². The minimum atomic E-state index is -2.64. The maximum Gasteiger partial charge on any atom is 0.255 e. The number of aliphatic hydroxyl groups excluding tert-OH is 2. The van der Waals surface area contributed by atoms with Gasteiger partial charge in [0.15, 0.2) is 11.4 Å². The summed E-state index contributed by atoms with van der Waals surface area (Å²) in [6.45, 7) is 4.83. The Morgan fingerprint density at radius 3 is 2.27 bits per heavy atom. The van der Waals surface area contributed by atoms with Gasteiger partial charge in [0.1, 0.15) is 22.8 Å². The molecular weight excluding hydrogens is 516 g/mol. The molecule has 1 saturated carbocycles. The van der Waals surface area contributed by atoms with Crippen LogP contribution in [0.3, 0.4) is 0 Å². The zero-order valence-corrected chi connectivity index (χ0v) is 22.2. The predicted octanol–water partition coefficient (Wildman–Crippen LogP) is 2.93. The molecule has 3 aliphatic carbocycles. The first-order valence-electron chi connectivity index (χ1n) is 13.0. The Bertz CT molecular complexity index is 1550. The van der Waals surface area contributed by atoms with Crippen LogP contribution in [-0.4, -0.2) is 49.4 Å². The Morgan fingerprint density at radius 2 is 1.70 bits per heavy atom. The number of carbonyl (C=O) groups excluding carboxylic acids is 4. The lowest BCUT2D eigenvalue weighted by atomic mass is 9.54. The van der Waals surface area contributed by atoms with Gasteiger partial charge in [0.2, 0.25) is 11.7 Å². The second-order valence-corrected chi connectivity index (χ2v) is 11.1. The third kappa shape index (κ3) is 3.82. The molecule has 1 fully saturated rings. The highest BCUT2D eigenvalue weighted by Crippen LogP contribution is 2.55. The molecule has 40 heavy (non-hydrogen) atoms. The van der Waals surface area contributed by atoms with Crippen LogP contribution >= 0.6 is 0 Å². The number of phenolic OH excluding ortho intramolecular Hbond substituents is 1. The largest absolute Gasteiger partial charge is 0.508 e. The van der Waals surface area contributed by atoms with E-state index in [-0.39, 0.29) is 35.6 Å². The molecule has 3 aliphatic rings. The third-order valence-electron chi connectivity index (χ3n) is 8.37. The van der Waals surface area contributed by atoms with Gasteiger partial charge in [-0.25, -0.2) is 0 Å². The number of benzene rings is 2. The van der Waals surface area contributed by atoms with Crippen LogP contribution < -0.4 is 11.1 Å². The molecule has 2 amide bonds. The molecule has 208 valence electrons. The third-order valence-corrected chi connectivity index (χ3v) is 8.37. The van der Waals surface area contributed by atoms with Gasteiger partial charge in [0.25, 0.3) is 5.91 Å². The molecule has 0 unspecified atom stereocenters. The summed E-state index contributed by atoms with van der Waals surface area (Å²) < 4.78 is 0. The summed E-state index contributed by atoms with van der Waals surface area (Å²) in [5, 5.41) is 47.5. The number of hydrogen-bond acceptors (Lipinski definition) is 8. The quantitative estimate of drug-likeness (QED) is 0.316. The first kappa shape index (κ1) is 27.1. The van der Waals surface area contributed by atoms with E-state index in [0.717, 1.165) is 5.56 Å². The van der Waals surface area contributed by atoms with Crippen molar-refractivity contribution >= 4 is 34.8 Å². The zero-order valence-electron chi connectivity index (χ0n) is 22.2. The number of nitrogens with two attached hydrogens (primary N) is 1. The van der Waals surface area contributed by atoms with E-state index in [1.54, 1.807) is 44.2 Å². The second kappa shape index (κ2) is 9.34. The molecule has 4 atom stereocenters. The number of aliphatic hydroxyl groups is 3. The number of fused-ring (bicyclic) bond motifs is 3. The standard InChI is InChI=1S/C30H30N2O8/c1-12(2)21-19-11-15-10-18-17(14-4-6-16(7-5-14)32-13(3)33)8-9-20(34)23(18)26(36)22(15)27(37)30(19,40)28(38)24(25(21)35)29(31)39/h4-9,12,15,19,21,34,36,38,40H,10-11H2,1-3H3,(H2,31,39)(H,32,33)/t15-,19-,21-,30-/m0/s1. The average Bonchev–Trinajstić information content (AvgIpc) is 2.86. The van der Waals surface area contributed by atoms with Crippen LogP contribution in [0.15, 0.2) is 53.3 Å². The fourth-order valence-corrected chi connectivity index (χ4v) is 6.69. The van der Waals surface area contributed by atoms with Crippen molar-refractivity contribution in [2.75, 3.05) is 5.32 Å². The molecule has 10 nitrogen and oxygen atoms in total. The number of Topliss-reactive ketones (excluding diaryl/α,β-unsaturated/α-hetero) is 2. The fourth-order valence-electron chi connectivity index (χ4n) is 6.69. The molecule has 0 aromatic heterocycles. The van der Waals surface area contributed by atoms with E-state index in [1.807, 2.05) is 0 Å². The summed E-state index contributed by atoms with van der Waals surface area (Å²) >= 11 is 0. The molecule has 0 spiro atoms. The van der Waals surface area contributed by atoms with Crippen molar-refractivity contribution in [3.8, 4) is 16.9 Å². The number of aromatic hydroxyl groups is 1. The summed E-state index contributed by atoms with van der Waals surface area (Å²) in [5.41, 5.74) is 4.33. The number of ketones is 2. The van der Waals surface area contributed by atoms with Crippen LogP contribution in [0.5, 0.6) is 5.75 Å². The number of anilines is 1. The lowest BCUT2D eigenvalue weighted by Crippen LogP contribution is -2.62. The highest BCUT2D eigenvalue weighted by molar-refractivity contribution is 6.23. The lowest BCUT2D eigenvalue weighted by molar-refractivity contribution is -0.155. The van der Waals surface area contributed by atoms with E-state index in [2.05, 4.69) is 5.32 Å². The van der Waals surface area contributed by atoms with E-state index >= 15 is 0 Å². The Kier molecular flexibility index (Phi) is 6.34. The maximum absolute atomic E-state index is 13.9. The monoisotopic (exact) mass is 546 g/mol. The Balaban J connectivity index is 1.68. The highest BCUT2D eigenvalue weighted by Gasteiger charge is 2.64. The summed E-state index contributed by atoms with van der Waals surface area (Å²) in [5.74, 6) is -8.27. The van der Waals surface area contributed by atoms with E-state index in [0.29, 0.717) is 16.8 Å². The molecule has 0 heterocycles. The zero-order chi connectivity index (χ0) is 29.3. The van der Waals surface area contributed by atoms with Gasteiger partial charge < -0.3 is 31.5 Å². The van der Waals surface area contributed by atoms with Crippen LogP contribution in [0.25, 0.3) is 16.9 Å². The molecule has 0 aliphatic heterocycles. The lowest BCUT2D eigenvalue weighted by Gasteiger charge is -2.50. The normalized spacial score (nSPS) is 25.9. The number of amides is 2. The number of rotatable bonds is 4. The van der Waals surface area contributed by atoms with Crippen LogP contribution in [0, 0.1) is 23.7 Å². The molecule has 2 aromatic rings. The van der Waals surface area contributed by atoms with E-state index in [4.69, 9.17) is 5.73 Å². The molecule has 7 N–H and O–H groups in total. The molecule has 2 aromatic carbocycles. The van der Waals surface area contributed by atoms with Gasteiger partial charge in [-0.1, -0.05) is 32.0 Å². The SMILES string of the molecule is CC(=O)Nc1ccc(-c2ccc(O)c3c2C[C@H]2C[C@H]4[C@H](C(C)C)C(=O)C(C(N)=O)=C(O)[C@@]4(O)C(=O)C2=C3O)cc1. The fraction of sp³-hybridized carbons (Fsp3) is 0.333. The van der Waals surface area contributed by atoms with Crippen molar-refractivity contribution in [1.82, 2.24) is 0 Å². The van der Waals surface area contributed by atoms with E-state index in [1.165, 1.54) is 13.0 Å². The van der Waals surface area contributed by atoms with Crippen molar-refractivity contribution in [3.63, 3.8) is 0 Å². The Hall–Kier alpha value is -4.44. The van der Waals surface area contributed by atoms with Gasteiger partial charge in [-0.2, -0.15) is 0 Å². The number of nitrogens with one attached hydrogen (secondary N) is 1. The van der Waals surface area contributed by atoms with E-state index < -0.39 is 63.8 Å². The molecular formula is C30H30N2O8. The van der Waals surface area contributed by atoms with Crippen molar-refractivity contribution in [2.45, 2.75) is 39.2 Å². The van der Waals surface area contributed by atoms with Gasteiger partial charge in [-0.3, -0.25) is 19.2 Å². The molecule has 10 heteroatoms. The Morgan fingerprint density at radius 1 is 1.05 bits per heavy atom. The first-order chi connectivity index (χ1) is 18.8. The number of carbonyl (C=O) groups is 4. The molecule has 0 saturated heterocycles. The van der Waals surface area contributed by atoms with Gasteiger partial charge in [0, 0.05) is 30.0 Å². The number of phenols is 1. The van der Waals surface area contributed by atoms with Crippen molar-refractivity contribution in [3.05, 3.63) is 64.4 Å². The summed E-state index contributed by atoms with van der Waals surface area (Å²) in [7, 11) is 0. The van der Waals surface area contributed by atoms with Crippen molar-refractivity contribution < 1.29 is 39.6 Å². The highest BCUT2D eigenvalue weighted by atomic mass is 16.3. The Labute approximate surface area is 229 Å². The molecule has 5 rings (SSSR count). The number of hydrogen-bond donors (Lipinski definition) is 6. The molecule has 0 radical (unpaired) electrons. The summed E-state index contributed by atoms with van der Waals surface area (Å²) in [4.78, 5) is 50.7. The summed E-state index contributed by atoms with van der Waals surface area (Å²) in [6, 6.07) is 10.1. The van der Waals surface area contributed by atoms with Crippen LogP contribution in [0.1, 0.15) is 38.3 Å². The average molecular weight is 547 g/mol. The number of primary amides is 1. The molecule has 0 bridgehead atoms.